The average Bonchev–Trinajstić information content (AvgIpc) is 2.72. The van der Waals surface area contributed by atoms with Crippen LogP contribution >= 0.6 is 11.3 Å². The molecule has 0 bridgehead atoms. The van der Waals surface area contributed by atoms with Crippen LogP contribution in [0.1, 0.15) is 16.6 Å². The molecule has 1 heterocycles. The second-order valence-electron chi connectivity index (χ2n) is 3.98. The number of hydrogen-bond acceptors (Lipinski definition) is 6. The van der Waals surface area contributed by atoms with Gasteiger partial charge >= 0.3 is 0 Å². The average molecular weight is 272 g/mol. The number of methoxy groups -OCH3 is 1. The lowest BCUT2D eigenvalue weighted by molar-refractivity contribution is 0.0712. The first-order valence-corrected chi connectivity index (χ1v) is 6.54. The Kier molecular flexibility index (Phi) is 5.36. The van der Waals surface area contributed by atoms with Crippen molar-refractivity contribution in [2.24, 2.45) is 0 Å². The zero-order valence-corrected chi connectivity index (χ0v) is 12.1. The highest BCUT2D eigenvalue weighted by atomic mass is 32.1. The van der Waals surface area contributed by atoms with Crippen molar-refractivity contribution in [1.29, 1.82) is 0 Å². The number of nitrogens with zero attached hydrogens (tertiary/aromatic N) is 3. The third-order valence-electron chi connectivity index (χ3n) is 2.45. The fraction of sp³-hybridized carbons (Fsp3) is 0.636. The number of thiazole rings is 1. The molecule has 1 amide bonds. The molecule has 0 spiro atoms. The molecule has 0 saturated heterocycles. The Bertz CT molecular complexity index is 406. The van der Waals surface area contributed by atoms with Crippen LogP contribution in [0.3, 0.4) is 0 Å². The normalized spacial score (nSPS) is 10.4. The highest BCUT2D eigenvalue weighted by Crippen LogP contribution is 2.27. The number of amides is 1. The molecule has 0 saturated carbocycles. The summed E-state index contributed by atoms with van der Waals surface area (Å²) in [4.78, 5) is 20.5. The maximum Gasteiger partial charge on any atom is 0.267 e. The van der Waals surface area contributed by atoms with E-state index in [1.165, 1.54) is 11.3 Å². The number of nitrogen functional groups attached to an aromatic ring is 1. The molecule has 1 rings (SSSR count). The Balaban J connectivity index is 2.87. The number of carbonyl (C=O) groups excluding carboxylic acids is 1. The van der Waals surface area contributed by atoms with Crippen LogP contribution in [0.4, 0.5) is 10.9 Å². The van der Waals surface area contributed by atoms with Crippen molar-refractivity contribution in [2.45, 2.75) is 6.92 Å². The molecule has 0 fully saturated rings. The molecule has 1 aromatic heterocycles. The van der Waals surface area contributed by atoms with Crippen LogP contribution in [0.2, 0.25) is 0 Å². The number of ether oxygens (including phenoxy) is 1. The lowest BCUT2D eigenvalue weighted by atomic mass is 10.4. The van der Waals surface area contributed by atoms with Gasteiger partial charge in [-0.3, -0.25) is 4.79 Å². The van der Waals surface area contributed by atoms with Crippen molar-refractivity contribution in [3.05, 3.63) is 4.88 Å². The number of nitrogens with two attached hydrogens (primary N) is 1. The molecular formula is C11H20N4O2S. The minimum absolute atomic E-state index is 0.0855. The Labute approximate surface area is 111 Å². The van der Waals surface area contributed by atoms with E-state index >= 15 is 0 Å². The highest BCUT2D eigenvalue weighted by Gasteiger charge is 2.21. The van der Waals surface area contributed by atoms with Gasteiger partial charge in [-0.05, 0) is 6.92 Å². The molecule has 18 heavy (non-hydrogen) atoms. The molecule has 0 aliphatic heterocycles. The summed E-state index contributed by atoms with van der Waals surface area (Å²) in [5.41, 5.74) is 5.80. The number of aromatic nitrogens is 1. The van der Waals surface area contributed by atoms with Crippen LogP contribution in [0.5, 0.6) is 0 Å². The van der Waals surface area contributed by atoms with Gasteiger partial charge in [0.2, 0.25) is 0 Å². The van der Waals surface area contributed by atoms with Crippen LogP contribution in [0.25, 0.3) is 0 Å². The summed E-state index contributed by atoms with van der Waals surface area (Å²) in [5, 5.41) is 0.735. The summed E-state index contributed by atoms with van der Waals surface area (Å²) in [6, 6.07) is 0. The van der Waals surface area contributed by atoms with E-state index in [9.17, 15) is 4.79 Å². The van der Waals surface area contributed by atoms with Crippen LogP contribution < -0.4 is 10.6 Å². The second kappa shape index (κ2) is 6.55. The number of likely N-dealkylation sites (N-methyl/N-ethyl adjacent to an activating group) is 1. The first-order valence-electron chi connectivity index (χ1n) is 5.73. The van der Waals surface area contributed by atoms with E-state index in [-0.39, 0.29) is 5.91 Å². The topological polar surface area (TPSA) is 71.7 Å². The predicted octanol–water partition coefficient (Wildman–Crippen LogP) is 0.900. The van der Waals surface area contributed by atoms with Crippen molar-refractivity contribution in [2.75, 3.05) is 51.5 Å². The molecule has 102 valence electrons. The number of hydrogen-bond donors (Lipinski definition) is 1. The maximum atomic E-state index is 12.3. The third-order valence-corrected chi connectivity index (χ3v) is 3.68. The minimum atomic E-state index is -0.0855. The van der Waals surface area contributed by atoms with Crippen LogP contribution in [0, 0.1) is 0 Å². The lowest BCUT2D eigenvalue weighted by Gasteiger charge is -2.19. The minimum Gasteiger partial charge on any atom is -0.383 e. The van der Waals surface area contributed by atoms with E-state index in [1.807, 2.05) is 25.9 Å². The molecule has 0 atom stereocenters. The summed E-state index contributed by atoms with van der Waals surface area (Å²) >= 11 is 1.31. The van der Waals surface area contributed by atoms with E-state index in [2.05, 4.69) is 4.98 Å². The molecule has 0 aliphatic carbocycles. The second-order valence-corrected chi connectivity index (χ2v) is 4.96. The van der Waals surface area contributed by atoms with Gasteiger partial charge in [-0.15, -0.1) is 0 Å². The predicted molar refractivity (Wildman–Crippen MR) is 74.3 cm³/mol. The molecule has 7 heteroatoms. The van der Waals surface area contributed by atoms with E-state index < -0.39 is 0 Å². The van der Waals surface area contributed by atoms with Gasteiger partial charge in [0.15, 0.2) is 5.13 Å². The fourth-order valence-corrected chi connectivity index (χ4v) is 2.29. The summed E-state index contributed by atoms with van der Waals surface area (Å²) in [5.74, 6) is 0.210. The Morgan fingerprint density at radius 1 is 1.50 bits per heavy atom. The van der Waals surface area contributed by atoms with Crippen LogP contribution in [0.15, 0.2) is 0 Å². The van der Waals surface area contributed by atoms with Crippen molar-refractivity contribution < 1.29 is 9.53 Å². The number of anilines is 2. The van der Waals surface area contributed by atoms with Gasteiger partial charge in [0.25, 0.3) is 5.91 Å². The van der Waals surface area contributed by atoms with E-state index in [0.29, 0.717) is 30.4 Å². The van der Waals surface area contributed by atoms with E-state index in [0.717, 1.165) is 5.13 Å². The first kappa shape index (κ1) is 14.7. The molecule has 2 N–H and O–H groups in total. The Morgan fingerprint density at radius 2 is 2.17 bits per heavy atom. The molecule has 0 aliphatic rings. The highest BCUT2D eigenvalue weighted by molar-refractivity contribution is 7.18. The largest absolute Gasteiger partial charge is 0.383 e. The maximum absolute atomic E-state index is 12.3. The van der Waals surface area contributed by atoms with Gasteiger partial charge in [-0.25, -0.2) is 4.98 Å². The molecule has 6 nitrogen and oxygen atoms in total. The zero-order chi connectivity index (χ0) is 13.7. The summed E-state index contributed by atoms with van der Waals surface area (Å²) in [7, 11) is 5.35. The first-order chi connectivity index (χ1) is 8.51. The molecule has 0 aromatic carbocycles. The zero-order valence-electron chi connectivity index (χ0n) is 11.3. The molecule has 0 unspecified atom stereocenters. The van der Waals surface area contributed by atoms with E-state index in [1.54, 1.807) is 12.0 Å². The monoisotopic (exact) mass is 272 g/mol. The van der Waals surface area contributed by atoms with Gasteiger partial charge in [0.1, 0.15) is 10.7 Å². The standard InChI is InChI=1S/C11H20N4O2S/c1-5-15(6-7-17-4)10(16)8-9(12)13-11(18-8)14(2)3/h5-7,12H2,1-4H3. The lowest BCUT2D eigenvalue weighted by Crippen LogP contribution is -2.33. The van der Waals surface area contributed by atoms with Crippen molar-refractivity contribution >= 4 is 28.2 Å². The van der Waals surface area contributed by atoms with Gasteiger partial charge in [-0.2, -0.15) is 0 Å². The SMILES string of the molecule is CCN(CCOC)C(=O)c1sc(N(C)C)nc1N. The van der Waals surface area contributed by atoms with Crippen molar-refractivity contribution in [1.82, 2.24) is 9.88 Å². The van der Waals surface area contributed by atoms with Gasteiger partial charge < -0.3 is 20.3 Å². The van der Waals surface area contributed by atoms with E-state index in [4.69, 9.17) is 10.5 Å². The molecular weight excluding hydrogens is 252 g/mol. The summed E-state index contributed by atoms with van der Waals surface area (Å²) in [6.45, 7) is 3.62. The smallest absolute Gasteiger partial charge is 0.267 e. The van der Waals surface area contributed by atoms with Crippen molar-refractivity contribution in [3.63, 3.8) is 0 Å². The number of rotatable bonds is 6. The Hall–Kier alpha value is -1.34. The van der Waals surface area contributed by atoms with Gasteiger partial charge in [-0.1, -0.05) is 11.3 Å². The van der Waals surface area contributed by atoms with Crippen LogP contribution in [-0.2, 0) is 4.74 Å². The summed E-state index contributed by atoms with van der Waals surface area (Å²) < 4.78 is 4.99. The third kappa shape index (κ3) is 3.33. The van der Waals surface area contributed by atoms with Crippen LogP contribution in [-0.4, -0.2) is 56.7 Å². The molecule has 0 radical (unpaired) electrons. The number of carbonyl (C=O) groups is 1. The summed E-state index contributed by atoms with van der Waals surface area (Å²) in [6.07, 6.45) is 0. The fourth-order valence-electron chi connectivity index (χ4n) is 1.41. The van der Waals surface area contributed by atoms with Gasteiger partial charge in [0, 0.05) is 34.3 Å². The molecule has 1 aromatic rings. The quantitative estimate of drug-likeness (QED) is 0.833. The van der Waals surface area contributed by atoms with Gasteiger partial charge in [0.05, 0.1) is 6.61 Å². The van der Waals surface area contributed by atoms with Crippen molar-refractivity contribution in [3.8, 4) is 0 Å². The Morgan fingerprint density at radius 3 is 2.61 bits per heavy atom.